The predicted molar refractivity (Wildman–Crippen MR) is 128 cm³/mol. The van der Waals surface area contributed by atoms with Crippen molar-refractivity contribution in [2.45, 2.75) is 71.7 Å². The molecule has 0 radical (unpaired) electrons. The van der Waals surface area contributed by atoms with Crippen LogP contribution in [0.25, 0.3) is 23.0 Å². The molecule has 200 valence electrons. The van der Waals surface area contributed by atoms with Gasteiger partial charge in [-0.3, -0.25) is 4.68 Å². The highest BCUT2D eigenvalue weighted by molar-refractivity contribution is 5.67. The fourth-order valence-corrected chi connectivity index (χ4v) is 4.19. The molecule has 0 unspecified atom stereocenters. The van der Waals surface area contributed by atoms with Crippen LogP contribution in [-0.2, 0) is 30.3 Å². The molecule has 0 spiro atoms. The van der Waals surface area contributed by atoms with Gasteiger partial charge in [-0.25, -0.2) is 4.79 Å². The maximum atomic E-state index is 13.8. The molecule has 1 amide bonds. The summed E-state index contributed by atoms with van der Waals surface area (Å²) < 4.78 is 59.2. The Labute approximate surface area is 212 Å². The summed E-state index contributed by atoms with van der Waals surface area (Å²) in [4.78, 5) is 16.1. The summed E-state index contributed by atoms with van der Waals surface area (Å²) >= 11 is 0. The summed E-state index contributed by atoms with van der Waals surface area (Å²) in [6, 6.07) is 3.56. The molecular formula is C25H30F3N5O4. The first-order chi connectivity index (χ1) is 17.5. The van der Waals surface area contributed by atoms with Gasteiger partial charge in [0.2, 0.25) is 5.82 Å². The van der Waals surface area contributed by atoms with Crippen molar-refractivity contribution < 1.29 is 32.0 Å². The highest BCUT2D eigenvalue weighted by Crippen LogP contribution is 2.39. The molecule has 0 saturated heterocycles. The van der Waals surface area contributed by atoms with E-state index >= 15 is 0 Å². The highest BCUT2D eigenvalue weighted by Gasteiger charge is 2.35. The number of nitrogens with zero attached hydrogens (tertiary/aromatic N) is 4. The van der Waals surface area contributed by atoms with Gasteiger partial charge in [-0.1, -0.05) is 5.16 Å². The van der Waals surface area contributed by atoms with Gasteiger partial charge in [-0.15, -0.1) is 0 Å². The zero-order chi connectivity index (χ0) is 26.8. The van der Waals surface area contributed by atoms with E-state index in [9.17, 15) is 18.0 Å². The van der Waals surface area contributed by atoms with Gasteiger partial charge in [0.1, 0.15) is 18.0 Å². The van der Waals surface area contributed by atoms with Crippen LogP contribution in [-0.4, -0.2) is 44.8 Å². The number of hydrogen-bond donors (Lipinski definition) is 1. The molecule has 12 heteroatoms. The van der Waals surface area contributed by atoms with Crippen molar-refractivity contribution in [3.8, 4) is 28.7 Å². The van der Waals surface area contributed by atoms with E-state index in [0.717, 1.165) is 43.0 Å². The topological polar surface area (TPSA) is 104 Å². The predicted octanol–water partition coefficient (Wildman–Crippen LogP) is 5.42. The summed E-state index contributed by atoms with van der Waals surface area (Å²) in [6.07, 6.45) is -1.49. The lowest BCUT2D eigenvalue weighted by Gasteiger charge is -2.20. The number of aromatic nitrogens is 4. The summed E-state index contributed by atoms with van der Waals surface area (Å²) in [6.45, 7) is 7.61. The number of carbonyl (C=O) groups is 1. The summed E-state index contributed by atoms with van der Waals surface area (Å²) in [7, 11) is 0. The molecule has 0 fully saturated rings. The van der Waals surface area contributed by atoms with E-state index in [1.54, 1.807) is 20.8 Å². The van der Waals surface area contributed by atoms with E-state index < -0.39 is 23.4 Å². The van der Waals surface area contributed by atoms with Crippen LogP contribution in [0.3, 0.4) is 0 Å². The number of halogens is 3. The van der Waals surface area contributed by atoms with Gasteiger partial charge in [-0.2, -0.15) is 23.3 Å². The lowest BCUT2D eigenvalue weighted by atomic mass is 9.95. The maximum absolute atomic E-state index is 13.8. The van der Waals surface area contributed by atoms with Crippen molar-refractivity contribution in [2.24, 2.45) is 0 Å². The number of alkyl carbamates (subject to hydrolysis) is 1. The van der Waals surface area contributed by atoms with Crippen LogP contribution in [0.5, 0.6) is 5.75 Å². The minimum absolute atomic E-state index is 0.0225. The van der Waals surface area contributed by atoms with Crippen LogP contribution in [0.2, 0.25) is 0 Å². The lowest BCUT2D eigenvalue weighted by molar-refractivity contribution is -0.138. The summed E-state index contributed by atoms with van der Waals surface area (Å²) in [5, 5.41) is 11.0. The van der Waals surface area contributed by atoms with E-state index in [1.807, 2.05) is 11.6 Å². The molecular weight excluding hydrogens is 491 g/mol. The van der Waals surface area contributed by atoms with Gasteiger partial charge in [-0.05, 0) is 71.6 Å². The van der Waals surface area contributed by atoms with Crippen LogP contribution < -0.4 is 10.1 Å². The standard InChI is InChI=1S/C25H30F3N5O4/c1-5-33-18-9-7-6-8-16(18)20(31-33)22-30-21(32-37-22)15-10-11-19(17(14-15)25(26,27)28)35-13-12-29-23(34)36-24(2,3)4/h10-11,14H,5-9,12-13H2,1-4H3,(H,29,34). The molecule has 0 aliphatic heterocycles. The first-order valence-electron chi connectivity index (χ1n) is 12.2. The first-order valence-corrected chi connectivity index (χ1v) is 12.2. The number of nitrogens with one attached hydrogen (secondary N) is 1. The number of alkyl halides is 3. The second kappa shape index (κ2) is 10.4. The van der Waals surface area contributed by atoms with Crippen LogP contribution in [0.4, 0.5) is 18.0 Å². The van der Waals surface area contributed by atoms with Crippen molar-refractivity contribution in [1.29, 1.82) is 0 Å². The quantitative estimate of drug-likeness (QED) is 0.414. The summed E-state index contributed by atoms with van der Waals surface area (Å²) in [5.74, 6) is -0.168. The van der Waals surface area contributed by atoms with Crippen LogP contribution in [0.1, 0.15) is 57.4 Å². The monoisotopic (exact) mass is 521 g/mol. The Morgan fingerprint density at radius 1 is 1.19 bits per heavy atom. The third-order valence-corrected chi connectivity index (χ3v) is 5.76. The van der Waals surface area contributed by atoms with E-state index in [2.05, 4.69) is 20.6 Å². The van der Waals surface area contributed by atoms with E-state index in [1.165, 1.54) is 12.1 Å². The maximum Gasteiger partial charge on any atom is 0.419 e. The molecule has 1 aliphatic carbocycles. The summed E-state index contributed by atoms with van der Waals surface area (Å²) in [5.41, 5.74) is 1.25. The van der Waals surface area contributed by atoms with E-state index in [4.69, 9.17) is 14.0 Å². The molecule has 4 rings (SSSR count). The number of rotatable bonds is 7. The molecule has 1 aliphatic rings. The Hall–Kier alpha value is -3.57. The van der Waals surface area contributed by atoms with Crippen molar-refractivity contribution in [1.82, 2.24) is 25.2 Å². The largest absolute Gasteiger partial charge is 0.491 e. The minimum Gasteiger partial charge on any atom is -0.491 e. The number of fused-ring (bicyclic) bond motifs is 1. The van der Waals surface area contributed by atoms with Crippen molar-refractivity contribution in [3.05, 3.63) is 35.0 Å². The number of carbonyl (C=O) groups excluding carboxylic acids is 1. The molecule has 37 heavy (non-hydrogen) atoms. The Morgan fingerprint density at radius 3 is 2.65 bits per heavy atom. The average Bonchev–Trinajstić information content (AvgIpc) is 3.45. The zero-order valence-corrected chi connectivity index (χ0v) is 21.2. The number of aryl methyl sites for hydroxylation is 1. The molecule has 1 N–H and O–H groups in total. The first kappa shape index (κ1) is 26.5. The zero-order valence-electron chi connectivity index (χ0n) is 21.2. The van der Waals surface area contributed by atoms with Gasteiger partial charge in [0, 0.05) is 23.4 Å². The van der Waals surface area contributed by atoms with Gasteiger partial charge in [0.25, 0.3) is 5.89 Å². The van der Waals surface area contributed by atoms with Crippen LogP contribution >= 0.6 is 0 Å². The molecule has 9 nitrogen and oxygen atoms in total. The van der Waals surface area contributed by atoms with E-state index in [-0.39, 0.29) is 36.2 Å². The fraction of sp³-hybridized carbons (Fsp3) is 0.520. The van der Waals surface area contributed by atoms with Crippen molar-refractivity contribution >= 4 is 6.09 Å². The van der Waals surface area contributed by atoms with Gasteiger partial charge >= 0.3 is 12.3 Å². The molecule has 0 atom stereocenters. The molecule has 0 saturated carbocycles. The Kier molecular flexibility index (Phi) is 7.47. The molecule has 3 aromatic rings. The number of amides is 1. The SMILES string of the molecule is CCn1nc(-c2nc(-c3ccc(OCCNC(=O)OC(C)(C)C)c(C(F)(F)F)c3)no2)c2c1CCCC2. The Balaban J connectivity index is 1.51. The van der Waals surface area contributed by atoms with Gasteiger partial charge in [0.15, 0.2) is 5.69 Å². The van der Waals surface area contributed by atoms with Crippen molar-refractivity contribution in [2.75, 3.05) is 13.2 Å². The molecule has 0 bridgehead atoms. The third kappa shape index (κ3) is 6.23. The third-order valence-electron chi connectivity index (χ3n) is 5.76. The average molecular weight is 522 g/mol. The normalized spacial score (nSPS) is 13.8. The lowest BCUT2D eigenvalue weighted by Crippen LogP contribution is -2.34. The highest BCUT2D eigenvalue weighted by atomic mass is 19.4. The number of ether oxygens (including phenoxy) is 2. The molecule has 2 heterocycles. The smallest absolute Gasteiger partial charge is 0.419 e. The minimum atomic E-state index is -4.69. The van der Waals surface area contributed by atoms with Gasteiger partial charge < -0.3 is 19.3 Å². The Morgan fingerprint density at radius 2 is 1.95 bits per heavy atom. The second-order valence-corrected chi connectivity index (χ2v) is 9.71. The van der Waals surface area contributed by atoms with Crippen molar-refractivity contribution in [3.63, 3.8) is 0 Å². The van der Waals surface area contributed by atoms with E-state index in [0.29, 0.717) is 12.2 Å². The molecule has 2 aromatic heterocycles. The van der Waals surface area contributed by atoms with Crippen LogP contribution in [0.15, 0.2) is 22.7 Å². The number of benzene rings is 1. The van der Waals surface area contributed by atoms with Gasteiger partial charge in [0.05, 0.1) is 12.1 Å². The van der Waals surface area contributed by atoms with Crippen LogP contribution in [0, 0.1) is 0 Å². The molecule has 1 aromatic carbocycles. The number of hydrogen-bond acceptors (Lipinski definition) is 7. The Bertz CT molecular complexity index is 1260. The second-order valence-electron chi connectivity index (χ2n) is 9.71. The fourth-order valence-electron chi connectivity index (χ4n) is 4.19.